The maximum Gasteiger partial charge on any atom is 0.223 e. The zero-order valence-electron chi connectivity index (χ0n) is 11.0. The first kappa shape index (κ1) is 12.0. The van der Waals surface area contributed by atoms with Crippen molar-refractivity contribution in [3.05, 3.63) is 54.2 Å². The van der Waals surface area contributed by atoms with E-state index in [0.29, 0.717) is 5.82 Å². The molecule has 0 aliphatic rings. The summed E-state index contributed by atoms with van der Waals surface area (Å²) in [7, 11) is 0. The van der Waals surface area contributed by atoms with E-state index >= 15 is 0 Å². The number of aromatic nitrogens is 4. The van der Waals surface area contributed by atoms with Gasteiger partial charge in [-0.2, -0.15) is 10.1 Å². The average Bonchev–Trinajstić information content (AvgIpc) is 3.16. The molecule has 0 spiro atoms. The standard InChI is InChI=1S/C15H11N5S/c16-15-18-13(12-6-7-21-14(12)19-15)20-9-11(8-17-20)10-4-2-1-3-5-10/h1-9H,(H2,16,18,19). The van der Waals surface area contributed by atoms with Crippen molar-refractivity contribution >= 4 is 27.5 Å². The molecule has 0 amide bonds. The summed E-state index contributed by atoms with van der Waals surface area (Å²) in [4.78, 5) is 9.43. The van der Waals surface area contributed by atoms with E-state index < -0.39 is 0 Å². The molecule has 6 heteroatoms. The van der Waals surface area contributed by atoms with E-state index in [2.05, 4.69) is 27.2 Å². The Kier molecular flexibility index (Phi) is 2.68. The van der Waals surface area contributed by atoms with Gasteiger partial charge in [0, 0.05) is 11.8 Å². The SMILES string of the molecule is Nc1nc(-n2cc(-c3ccccc3)cn2)c2ccsc2n1. The highest BCUT2D eigenvalue weighted by atomic mass is 32.1. The third-order valence-corrected chi connectivity index (χ3v) is 4.04. The van der Waals surface area contributed by atoms with Crippen molar-refractivity contribution in [3.63, 3.8) is 0 Å². The first-order valence-corrected chi connectivity index (χ1v) is 7.30. The number of anilines is 1. The molecule has 0 fully saturated rings. The molecule has 1 aromatic carbocycles. The minimum Gasteiger partial charge on any atom is -0.368 e. The number of nitrogens with zero attached hydrogens (tertiary/aromatic N) is 4. The van der Waals surface area contributed by atoms with E-state index in [1.54, 1.807) is 16.0 Å². The van der Waals surface area contributed by atoms with E-state index in [1.807, 2.05) is 42.0 Å². The highest BCUT2D eigenvalue weighted by molar-refractivity contribution is 7.16. The van der Waals surface area contributed by atoms with Crippen molar-refractivity contribution in [2.75, 3.05) is 5.73 Å². The second-order valence-electron chi connectivity index (χ2n) is 4.58. The Morgan fingerprint density at radius 2 is 1.86 bits per heavy atom. The van der Waals surface area contributed by atoms with Crippen molar-refractivity contribution < 1.29 is 0 Å². The van der Waals surface area contributed by atoms with Crippen LogP contribution >= 0.6 is 11.3 Å². The molecule has 4 aromatic rings. The van der Waals surface area contributed by atoms with Crippen molar-refractivity contribution in [1.29, 1.82) is 0 Å². The minimum atomic E-state index is 0.261. The van der Waals surface area contributed by atoms with Gasteiger partial charge in [-0.05, 0) is 17.0 Å². The minimum absolute atomic E-state index is 0.261. The molecular formula is C15H11N5S. The quantitative estimate of drug-likeness (QED) is 0.616. The third-order valence-electron chi connectivity index (χ3n) is 3.23. The van der Waals surface area contributed by atoms with E-state index in [1.165, 1.54) is 0 Å². The molecule has 0 saturated heterocycles. The molecule has 0 radical (unpaired) electrons. The molecule has 2 N–H and O–H groups in total. The van der Waals surface area contributed by atoms with Crippen LogP contribution in [0.2, 0.25) is 0 Å². The third kappa shape index (κ3) is 2.05. The zero-order valence-corrected chi connectivity index (χ0v) is 11.8. The van der Waals surface area contributed by atoms with Crippen LogP contribution in [-0.4, -0.2) is 19.7 Å². The van der Waals surface area contributed by atoms with Crippen molar-refractivity contribution in [2.45, 2.75) is 0 Å². The summed E-state index contributed by atoms with van der Waals surface area (Å²) in [5, 5.41) is 7.34. The maximum atomic E-state index is 5.78. The zero-order chi connectivity index (χ0) is 14.2. The number of rotatable bonds is 2. The van der Waals surface area contributed by atoms with Gasteiger partial charge in [0.15, 0.2) is 5.82 Å². The fourth-order valence-corrected chi connectivity index (χ4v) is 3.01. The van der Waals surface area contributed by atoms with E-state index in [0.717, 1.165) is 21.3 Å². The van der Waals surface area contributed by atoms with Crippen LogP contribution in [-0.2, 0) is 0 Å². The molecule has 3 aromatic heterocycles. The van der Waals surface area contributed by atoms with Crippen molar-refractivity contribution in [3.8, 4) is 16.9 Å². The van der Waals surface area contributed by atoms with Crippen LogP contribution in [0.3, 0.4) is 0 Å². The topological polar surface area (TPSA) is 69.6 Å². The fraction of sp³-hybridized carbons (Fsp3) is 0. The Hall–Kier alpha value is -2.73. The maximum absolute atomic E-state index is 5.78. The fourth-order valence-electron chi connectivity index (χ4n) is 2.25. The van der Waals surface area contributed by atoms with Crippen LogP contribution in [0.25, 0.3) is 27.2 Å². The van der Waals surface area contributed by atoms with Gasteiger partial charge in [0.05, 0.1) is 11.6 Å². The van der Waals surface area contributed by atoms with Gasteiger partial charge in [0.1, 0.15) is 4.83 Å². The lowest BCUT2D eigenvalue weighted by atomic mass is 10.1. The first-order valence-electron chi connectivity index (χ1n) is 6.42. The molecule has 0 saturated carbocycles. The Morgan fingerprint density at radius 3 is 2.71 bits per heavy atom. The van der Waals surface area contributed by atoms with Crippen molar-refractivity contribution in [2.24, 2.45) is 0 Å². The van der Waals surface area contributed by atoms with Gasteiger partial charge in [-0.3, -0.25) is 0 Å². The largest absolute Gasteiger partial charge is 0.368 e. The van der Waals surface area contributed by atoms with Gasteiger partial charge in [-0.15, -0.1) is 11.3 Å². The number of hydrogen-bond donors (Lipinski definition) is 1. The van der Waals surface area contributed by atoms with Crippen LogP contribution in [0, 0.1) is 0 Å². The summed E-state index contributed by atoms with van der Waals surface area (Å²) >= 11 is 1.54. The van der Waals surface area contributed by atoms with Crippen LogP contribution < -0.4 is 5.73 Å². The van der Waals surface area contributed by atoms with Gasteiger partial charge in [0.25, 0.3) is 0 Å². The lowest BCUT2D eigenvalue weighted by Crippen LogP contribution is -2.03. The first-order chi connectivity index (χ1) is 10.3. The van der Waals surface area contributed by atoms with E-state index in [4.69, 9.17) is 5.73 Å². The second kappa shape index (κ2) is 4.68. The van der Waals surface area contributed by atoms with Gasteiger partial charge in [-0.1, -0.05) is 30.3 Å². The number of benzene rings is 1. The predicted octanol–water partition coefficient (Wildman–Crippen LogP) is 3.13. The molecule has 3 heterocycles. The molecule has 0 atom stereocenters. The monoisotopic (exact) mass is 293 g/mol. The summed E-state index contributed by atoms with van der Waals surface area (Å²) in [6.07, 6.45) is 3.78. The van der Waals surface area contributed by atoms with Crippen LogP contribution in [0.4, 0.5) is 5.95 Å². The average molecular weight is 293 g/mol. The molecule has 4 rings (SSSR count). The van der Waals surface area contributed by atoms with Gasteiger partial charge >= 0.3 is 0 Å². The Labute approximate surface area is 124 Å². The number of thiophene rings is 1. The Balaban J connectivity index is 1.87. The second-order valence-corrected chi connectivity index (χ2v) is 5.48. The molecule has 0 aliphatic heterocycles. The van der Waals surface area contributed by atoms with E-state index in [-0.39, 0.29) is 5.95 Å². The van der Waals surface area contributed by atoms with Crippen LogP contribution in [0.15, 0.2) is 54.2 Å². The summed E-state index contributed by atoms with van der Waals surface area (Å²) in [6, 6.07) is 12.1. The number of nitrogens with two attached hydrogens (primary N) is 1. The molecule has 102 valence electrons. The lowest BCUT2D eigenvalue weighted by molar-refractivity contribution is 0.854. The summed E-state index contributed by atoms with van der Waals surface area (Å²) in [5.74, 6) is 0.970. The smallest absolute Gasteiger partial charge is 0.223 e. The molecule has 0 unspecified atom stereocenters. The summed E-state index contributed by atoms with van der Waals surface area (Å²) in [5.41, 5.74) is 7.94. The van der Waals surface area contributed by atoms with Gasteiger partial charge < -0.3 is 5.73 Å². The number of hydrogen-bond acceptors (Lipinski definition) is 5. The Morgan fingerprint density at radius 1 is 1.00 bits per heavy atom. The van der Waals surface area contributed by atoms with Gasteiger partial charge in [-0.25, -0.2) is 9.67 Å². The van der Waals surface area contributed by atoms with Crippen LogP contribution in [0.1, 0.15) is 0 Å². The van der Waals surface area contributed by atoms with E-state index in [9.17, 15) is 0 Å². The lowest BCUT2D eigenvalue weighted by Gasteiger charge is -2.03. The molecule has 0 bridgehead atoms. The van der Waals surface area contributed by atoms with Gasteiger partial charge in [0.2, 0.25) is 5.95 Å². The predicted molar refractivity (Wildman–Crippen MR) is 84.4 cm³/mol. The normalized spacial score (nSPS) is 11.0. The number of fused-ring (bicyclic) bond motifs is 1. The van der Waals surface area contributed by atoms with Crippen LogP contribution in [0.5, 0.6) is 0 Å². The molecule has 0 aliphatic carbocycles. The highest BCUT2D eigenvalue weighted by Crippen LogP contribution is 2.26. The van der Waals surface area contributed by atoms with Crippen molar-refractivity contribution in [1.82, 2.24) is 19.7 Å². The summed E-state index contributed by atoms with van der Waals surface area (Å²) in [6.45, 7) is 0. The molecular weight excluding hydrogens is 282 g/mol. The number of nitrogen functional groups attached to an aromatic ring is 1. The summed E-state index contributed by atoms with van der Waals surface area (Å²) < 4.78 is 1.75. The molecule has 5 nitrogen and oxygen atoms in total. The highest BCUT2D eigenvalue weighted by Gasteiger charge is 2.11. The molecule has 21 heavy (non-hydrogen) atoms. The Bertz CT molecular complexity index is 910.